The van der Waals surface area contributed by atoms with Crippen LogP contribution in [-0.2, 0) is 0 Å². The number of imidazole rings is 1. The van der Waals surface area contributed by atoms with Gasteiger partial charge in [-0.05, 0) is 30.7 Å². The second-order valence-electron chi connectivity index (χ2n) is 8.77. The van der Waals surface area contributed by atoms with Crippen molar-refractivity contribution in [3.8, 4) is 6.07 Å². The van der Waals surface area contributed by atoms with Gasteiger partial charge in [-0.2, -0.15) is 15.2 Å². The fourth-order valence-corrected chi connectivity index (χ4v) is 4.64. The highest BCUT2D eigenvalue weighted by Gasteiger charge is 2.46. The highest BCUT2D eigenvalue weighted by Crippen LogP contribution is 2.36. The largest absolute Gasteiger partial charge is 0.342 e. The summed E-state index contributed by atoms with van der Waals surface area (Å²) in [5, 5.41) is 9.34. The number of pyridine rings is 1. The first-order valence-corrected chi connectivity index (χ1v) is 11.0. The number of aromatic nitrogens is 5. The zero-order chi connectivity index (χ0) is 24.3. The summed E-state index contributed by atoms with van der Waals surface area (Å²) in [5.41, 5.74) is 1.41. The van der Waals surface area contributed by atoms with E-state index >= 15 is 0 Å². The maximum Gasteiger partial charge on any atom is 0.328 e. The molecule has 0 radical (unpaired) electrons. The molecule has 3 aromatic heterocycles. The first-order chi connectivity index (χ1) is 16.8. The number of fused-ring (bicyclic) bond motifs is 2. The number of aromatic amines is 1. The van der Waals surface area contributed by atoms with Crippen LogP contribution >= 0.6 is 0 Å². The minimum Gasteiger partial charge on any atom is -0.342 e. The molecular weight excluding hydrogens is 456 g/mol. The van der Waals surface area contributed by atoms with Crippen molar-refractivity contribution >= 4 is 29.3 Å². The molecule has 1 fully saturated rings. The van der Waals surface area contributed by atoms with E-state index in [1.807, 2.05) is 19.1 Å². The molecule has 10 nitrogen and oxygen atoms in total. The van der Waals surface area contributed by atoms with Gasteiger partial charge in [-0.25, -0.2) is 13.6 Å². The lowest BCUT2D eigenvalue weighted by molar-refractivity contribution is -0.0265. The summed E-state index contributed by atoms with van der Waals surface area (Å²) in [5.74, 6) is -2.41. The summed E-state index contributed by atoms with van der Waals surface area (Å²) in [6, 6.07) is 4.75. The molecule has 35 heavy (non-hydrogen) atoms. The molecule has 2 aliphatic heterocycles. The third kappa shape index (κ3) is 3.39. The number of rotatable bonds is 4. The van der Waals surface area contributed by atoms with Gasteiger partial charge in [0.05, 0.1) is 43.6 Å². The summed E-state index contributed by atoms with van der Waals surface area (Å²) in [6.07, 6.45) is 10.2. The molecule has 0 aromatic carbocycles. The van der Waals surface area contributed by atoms with Crippen LogP contribution in [0.4, 0.5) is 20.5 Å². The molecule has 3 unspecified atom stereocenters. The monoisotopic (exact) mass is 475 g/mol. The number of halogens is 2. The highest BCUT2D eigenvalue weighted by molar-refractivity contribution is 5.89. The number of nitrogens with zero attached hydrogens (tertiary/aromatic N) is 8. The Morgan fingerprint density at radius 3 is 2.86 bits per heavy atom. The number of alkyl halides is 2. The van der Waals surface area contributed by atoms with Crippen LogP contribution in [0.25, 0.3) is 11.2 Å². The van der Waals surface area contributed by atoms with Crippen molar-refractivity contribution < 1.29 is 8.78 Å². The number of H-pyrrole nitrogens is 1. The Bertz CT molecular complexity index is 1510. The molecular formula is C23H19F2N9O. The lowest BCUT2D eigenvalue weighted by Crippen LogP contribution is -2.56. The number of aliphatic imine (C=N–C) groups is 1. The van der Waals surface area contributed by atoms with Gasteiger partial charge in [0.2, 0.25) is 5.95 Å². The Morgan fingerprint density at radius 2 is 2.14 bits per heavy atom. The number of nitrogens with one attached hydrogen (secondary N) is 1. The Balaban J connectivity index is 1.52. The molecule has 3 aliphatic rings. The Morgan fingerprint density at radius 1 is 1.31 bits per heavy atom. The molecule has 1 saturated heterocycles. The standard InChI is InChI=1S/C23H19F2N9O/c1-13(15-3-2-6-27-9-15)34-20-18(29-22(34)35)19(32-10-23(24,25)11-32)30-21(31-20)33-12-28-16-5-4-14(8-26)7-17(16)33/h2-7,9,12-13,16-17H,10-11H2,1H3,(H,29,35). The average Bonchev–Trinajstić information content (AvgIpc) is 3.41. The van der Waals surface area contributed by atoms with Crippen molar-refractivity contribution in [2.45, 2.75) is 31.0 Å². The quantitative estimate of drug-likeness (QED) is 0.614. The van der Waals surface area contributed by atoms with E-state index < -0.39 is 30.7 Å². The molecule has 12 heteroatoms. The van der Waals surface area contributed by atoms with Crippen LogP contribution in [0.3, 0.4) is 0 Å². The van der Waals surface area contributed by atoms with Gasteiger partial charge in [0.25, 0.3) is 5.92 Å². The molecule has 6 rings (SSSR count). The van der Waals surface area contributed by atoms with Crippen molar-refractivity contribution in [1.82, 2.24) is 24.5 Å². The van der Waals surface area contributed by atoms with Gasteiger partial charge in [0.15, 0.2) is 11.5 Å². The first-order valence-electron chi connectivity index (χ1n) is 11.0. The summed E-state index contributed by atoms with van der Waals surface area (Å²) >= 11 is 0. The Kier molecular flexibility index (Phi) is 4.57. The molecule has 0 bridgehead atoms. The molecule has 3 atom stereocenters. The molecule has 1 N–H and O–H groups in total. The molecule has 0 spiro atoms. The number of hydrogen-bond acceptors (Lipinski definition) is 8. The van der Waals surface area contributed by atoms with E-state index in [2.05, 4.69) is 31.0 Å². The van der Waals surface area contributed by atoms with Crippen molar-refractivity contribution in [1.29, 1.82) is 5.26 Å². The van der Waals surface area contributed by atoms with Crippen LogP contribution in [-0.4, -0.2) is 61.9 Å². The van der Waals surface area contributed by atoms with Crippen molar-refractivity contribution in [3.05, 3.63) is 64.4 Å². The zero-order valence-corrected chi connectivity index (χ0v) is 18.5. The van der Waals surface area contributed by atoms with E-state index in [1.165, 1.54) is 9.47 Å². The second kappa shape index (κ2) is 7.56. The Labute approximate surface area is 197 Å². The predicted molar refractivity (Wildman–Crippen MR) is 125 cm³/mol. The summed E-state index contributed by atoms with van der Waals surface area (Å²) in [6.45, 7) is 0.822. The van der Waals surface area contributed by atoms with Crippen LogP contribution in [0.5, 0.6) is 0 Å². The molecule has 1 aliphatic carbocycles. The van der Waals surface area contributed by atoms with Crippen LogP contribution < -0.4 is 15.5 Å². The van der Waals surface area contributed by atoms with Gasteiger partial charge in [-0.1, -0.05) is 12.1 Å². The minimum absolute atomic E-state index is 0.203. The van der Waals surface area contributed by atoms with Crippen LogP contribution in [0, 0.1) is 11.3 Å². The van der Waals surface area contributed by atoms with Crippen molar-refractivity contribution in [2.75, 3.05) is 22.9 Å². The minimum atomic E-state index is -2.83. The molecule has 5 heterocycles. The summed E-state index contributed by atoms with van der Waals surface area (Å²) in [7, 11) is 0. The van der Waals surface area contributed by atoms with E-state index in [1.54, 1.807) is 41.9 Å². The van der Waals surface area contributed by atoms with Gasteiger partial charge < -0.3 is 9.88 Å². The lowest BCUT2D eigenvalue weighted by Gasteiger charge is -2.39. The van der Waals surface area contributed by atoms with Crippen LogP contribution in [0.2, 0.25) is 0 Å². The van der Waals surface area contributed by atoms with E-state index in [0.717, 1.165) is 5.56 Å². The van der Waals surface area contributed by atoms with Crippen molar-refractivity contribution in [2.24, 2.45) is 4.99 Å². The highest BCUT2D eigenvalue weighted by atomic mass is 19.3. The molecule has 0 saturated carbocycles. The smallest absolute Gasteiger partial charge is 0.328 e. The molecule has 0 amide bonds. The van der Waals surface area contributed by atoms with Gasteiger partial charge in [-0.15, -0.1) is 0 Å². The fourth-order valence-electron chi connectivity index (χ4n) is 4.64. The number of nitriles is 1. The third-order valence-electron chi connectivity index (χ3n) is 6.45. The number of anilines is 2. The number of allylic oxidation sites excluding steroid dienone is 2. The molecule has 3 aromatic rings. The predicted octanol–water partition coefficient (Wildman–Crippen LogP) is 2.18. The maximum absolute atomic E-state index is 13.8. The first kappa shape index (κ1) is 21.2. The zero-order valence-electron chi connectivity index (χ0n) is 18.5. The van der Waals surface area contributed by atoms with Gasteiger partial charge in [-0.3, -0.25) is 19.4 Å². The fraction of sp³-hybridized carbons (Fsp3) is 0.304. The van der Waals surface area contributed by atoms with Gasteiger partial charge >= 0.3 is 5.69 Å². The topological polar surface area (TPSA) is 119 Å². The van der Waals surface area contributed by atoms with E-state index in [0.29, 0.717) is 5.57 Å². The number of hydrogen-bond donors (Lipinski definition) is 1. The van der Waals surface area contributed by atoms with Crippen molar-refractivity contribution in [3.63, 3.8) is 0 Å². The molecule has 176 valence electrons. The van der Waals surface area contributed by atoms with Crippen LogP contribution in [0.15, 0.2) is 58.1 Å². The third-order valence-corrected chi connectivity index (χ3v) is 6.45. The van der Waals surface area contributed by atoms with E-state index in [9.17, 15) is 18.8 Å². The van der Waals surface area contributed by atoms with E-state index in [4.69, 9.17) is 0 Å². The average molecular weight is 475 g/mol. The van der Waals surface area contributed by atoms with Gasteiger partial charge in [0, 0.05) is 18.0 Å². The van der Waals surface area contributed by atoms with Crippen LogP contribution in [0.1, 0.15) is 18.5 Å². The second-order valence-corrected chi connectivity index (χ2v) is 8.77. The van der Waals surface area contributed by atoms with E-state index in [-0.39, 0.29) is 35.0 Å². The Hall–Kier alpha value is -4.40. The summed E-state index contributed by atoms with van der Waals surface area (Å²) < 4.78 is 29.0. The van der Waals surface area contributed by atoms with Gasteiger partial charge in [0.1, 0.15) is 5.52 Å². The lowest BCUT2D eigenvalue weighted by atomic mass is 9.99. The maximum atomic E-state index is 13.8. The SMILES string of the molecule is CC(c1cccnc1)n1c(=O)[nH]c2c(N3CC(F)(F)C3)nc(N3C=NC4C=CC(C#N)=CC43)nc21. The normalized spacial score (nSPS) is 23.1. The summed E-state index contributed by atoms with van der Waals surface area (Å²) in [4.78, 5) is 36.8.